The van der Waals surface area contributed by atoms with Gasteiger partial charge in [-0.25, -0.2) is 4.79 Å². The van der Waals surface area contributed by atoms with Gasteiger partial charge in [0, 0.05) is 26.2 Å². The van der Waals surface area contributed by atoms with Crippen molar-refractivity contribution in [1.82, 2.24) is 15.0 Å². The third-order valence-corrected chi connectivity index (χ3v) is 2.46. The Hall–Kier alpha value is -2.05. The van der Waals surface area contributed by atoms with Gasteiger partial charge in [0.2, 0.25) is 5.91 Å². The zero-order chi connectivity index (χ0) is 14.6. The molecule has 1 aromatic heterocycles. The van der Waals surface area contributed by atoms with E-state index in [-0.39, 0.29) is 24.5 Å². The molecule has 1 heterocycles. The van der Waals surface area contributed by atoms with Crippen LogP contribution < -0.4 is 5.32 Å². The van der Waals surface area contributed by atoms with Gasteiger partial charge in [-0.2, -0.15) is 0 Å². The van der Waals surface area contributed by atoms with E-state index in [4.69, 9.17) is 4.52 Å². The molecule has 0 bridgehead atoms. The lowest BCUT2D eigenvalue weighted by Gasteiger charge is -2.28. The minimum Gasteiger partial charge on any atom is -0.360 e. The van der Waals surface area contributed by atoms with E-state index >= 15 is 0 Å². The van der Waals surface area contributed by atoms with Crippen LogP contribution >= 0.6 is 0 Å². The molecule has 1 rings (SSSR count). The second-order valence-corrected chi connectivity index (χ2v) is 4.77. The van der Waals surface area contributed by atoms with Crippen LogP contribution in [0.3, 0.4) is 0 Å². The van der Waals surface area contributed by atoms with Crippen molar-refractivity contribution >= 4 is 17.8 Å². The highest BCUT2D eigenvalue weighted by Gasteiger charge is 2.21. The summed E-state index contributed by atoms with van der Waals surface area (Å²) in [6, 6.07) is 1.34. The molecular formula is C12H20N4O3. The van der Waals surface area contributed by atoms with Crippen molar-refractivity contribution in [3.05, 3.63) is 11.8 Å². The van der Waals surface area contributed by atoms with Crippen molar-refractivity contribution in [2.45, 2.75) is 26.8 Å². The van der Waals surface area contributed by atoms with Crippen molar-refractivity contribution in [2.24, 2.45) is 0 Å². The highest BCUT2D eigenvalue weighted by molar-refractivity contribution is 5.93. The van der Waals surface area contributed by atoms with E-state index in [1.165, 1.54) is 9.80 Å². The zero-order valence-electron chi connectivity index (χ0n) is 11.9. The van der Waals surface area contributed by atoms with E-state index in [0.717, 1.165) is 0 Å². The third kappa shape index (κ3) is 4.27. The maximum atomic E-state index is 11.9. The lowest BCUT2D eigenvalue weighted by molar-refractivity contribution is -0.117. The van der Waals surface area contributed by atoms with E-state index in [9.17, 15) is 9.59 Å². The van der Waals surface area contributed by atoms with Gasteiger partial charge >= 0.3 is 6.03 Å². The normalized spacial score (nSPS) is 10.4. The minimum absolute atomic E-state index is 0.0272. The predicted octanol–water partition coefficient (Wildman–Crippen LogP) is 1.31. The second-order valence-electron chi connectivity index (χ2n) is 4.77. The Morgan fingerprint density at radius 2 is 2.05 bits per heavy atom. The topological polar surface area (TPSA) is 78.7 Å². The Morgan fingerprint density at radius 1 is 1.42 bits per heavy atom. The first kappa shape index (κ1) is 15.0. The van der Waals surface area contributed by atoms with Crippen LogP contribution in [0, 0.1) is 6.92 Å². The molecule has 0 spiro atoms. The number of carbonyl (C=O) groups is 2. The number of hydrogen-bond donors (Lipinski definition) is 1. The lowest BCUT2D eigenvalue weighted by Crippen LogP contribution is -2.47. The van der Waals surface area contributed by atoms with Gasteiger partial charge in [0.15, 0.2) is 5.82 Å². The summed E-state index contributed by atoms with van der Waals surface area (Å²) in [7, 11) is 3.30. The Bertz CT molecular complexity index is 454. The van der Waals surface area contributed by atoms with Crippen LogP contribution in [0.25, 0.3) is 0 Å². The smallest absolute Gasteiger partial charge is 0.320 e. The molecule has 1 aromatic rings. The van der Waals surface area contributed by atoms with E-state index in [0.29, 0.717) is 11.6 Å². The van der Waals surface area contributed by atoms with Crippen LogP contribution in [0.2, 0.25) is 0 Å². The Kier molecular flexibility index (Phi) is 4.91. The second kappa shape index (κ2) is 6.21. The highest BCUT2D eigenvalue weighted by atomic mass is 16.5. The van der Waals surface area contributed by atoms with Gasteiger partial charge in [-0.3, -0.25) is 4.79 Å². The highest BCUT2D eigenvalue weighted by Crippen LogP contribution is 2.08. The van der Waals surface area contributed by atoms with E-state index < -0.39 is 0 Å². The molecular weight excluding hydrogens is 248 g/mol. The maximum Gasteiger partial charge on any atom is 0.320 e. The van der Waals surface area contributed by atoms with E-state index in [2.05, 4.69) is 10.5 Å². The van der Waals surface area contributed by atoms with Crippen LogP contribution in [-0.4, -0.2) is 53.6 Å². The van der Waals surface area contributed by atoms with Gasteiger partial charge in [0.05, 0.1) is 0 Å². The Balaban J connectivity index is 2.64. The number of nitrogens with one attached hydrogen (secondary N) is 1. The number of nitrogens with zero attached hydrogens (tertiary/aromatic N) is 3. The SMILES string of the molecule is Cc1cc(NC(=O)CN(C(=O)N(C)C)C(C)C)no1. The molecule has 0 atom stereocenters. The quantitative estimate of drug-likeness (QED) is 0.893. The summed E-state index contributed by atoms with van der Waals surface area (Å²) < 4.78 is 4.85. The number of urea groups is 1. The molecule has 0 unspecified atom stereocenters. The summed E-state index contributed by atoms with van der Waals surface area (Å²) >= 11 is 0. The molecule has 19 heavy (non-hydrogen) atoms. The van der Waals surface area contributed by atoms with E-state index in [1.807, 2.05) is 13.8 Å². The lowest BCUT2D eigenvalue weighted by atomic mass is 10.3. The average molecular weight is 268 g/mol. The summed E-state index contributed by atoms with van der Waals surface area (Å²) in [5.74, 6) is 0.654. The minimum atomic E-state index is -0.308. The van der Waals surface area contributed by atoms with Crippen LogP contribution in [0.4, 0.5) is 10.6 Å². The molecule has 1 N–H and O–H groups in total. The number of carbonyl (C=O) groups excluding carboxylic acids is 2. The van der Waals surface area contributed by atoms with Crippen molar-refractivity contribution in [1.29, 1.82) is 0 Å². The molecule has 0 aliphatic heterocycles. The van der Waals surface area contributed by atoms with Gasteiger partial charge in [-0.1, -0.05) is 5.16 Å². The van der Waals surface area contributed by atoms with Crippen LogP contribution in [-0.2, 0) is 4.79 Å². The molecule has 3 amide bonds. The molecule has 0 aliphatic carbocycles. The van der Waals surface area contributed by atoms with Crippen molar-refractivity contribution in [2.75, 3.05) is 26.0 Å². The molecule has 106 valence electrons. The summed E-state index contributed by atoms with van der Waals surface area (Å²) in [6.07, 6.45) is 0. The molecule has 0 aliphatic rings. The fourth-order valence-corrected chi connectivity index (χ4v) is 1.49. The monoisotopic (exact) mass is 268 g/mol. The summed E-state index contributed by atoms with van der Waals surface area (Å²) in [5.41, 5.74) is 0. The molecule has 0 saturated heterocycles. The number of aryl methyl sites for hydroxylation is 1. The number of amides is 3. The van der Waals surface area contributed by atoms with Crippen LogP contribution in [0.5, 0.6) is 0 Å². The fourth-order valence-electron chi connectivity index (χ4n) is 1.49. The van der Waals surface area contributed by atoms with Gasteiger partial charge in [0.1, 0.15) is 12.3 Å². The molecule has 0 aromatic carbocycles. The van der Waals surface area contributed by atoms with Crippen LogP contribution in [0.15, 0.2) is 10.6 Å². The molecule has 0 saturated carbocycles. The molecule has 0 fully saturated rings. The van der Waals surface area contributed by atoms with Gasteiger partial charge in [0.25, 0.3) is 0 Å². The molecule has 0 radical (unpaired) electrons. The number of hydrogen-bond acceptors (Lipinski definition) is 4. The third-order valence-electron chi connectivity index (χ3n) is 2.46. The Morgan fingerprint density at radius 3 is 2.47 bits per heavy atom. The van der Waals surface area contributed by atoms with Gasteiger partial charge in [-0.05, 0) is 20.8 Å². The van der Waals surface area contributed by atoms with Gasteiger partial charge < -0.3 is 19.6 Å². The maximum absolute atomic E-state index is 11.9. The van der Waals surface area contributed by atoms with Crippen molar-refractivity contribution < 1.29 is 14.1 Å². The fraction of sp³-hybridized carbons (Fsp3) is 0.583. The van der Waals surface area contributed by atoms with Crippen molar-refractivity contribution in [3.63, 3.8) is 0 Å². The number of aromatic nitrogens is 1. The zero-order valence-corrected chi connectivity index (χ0v) is 11.9. The standard InChI is InChI=1S/C12H20N4O3/c1-8(2)16(12(18)15(4)5)7-11(17)13-10-6-9(3)19-14-10/h6,8H,7H2,1-5H3,(H,13,14,17). The number of rotatable bonds is 4. The van der Waals surface area contributed by atoms with Gasteiger partial charge in [-0.15, -0.1) is 0 Å². The number of anilines is 1. The summed E-state index contributed by atoms with van der Waals surface area (Å²) in [4.78, 5) is 26.7. The predicted molar refractivity (Wildman–Crippen MR) is 70.8 cm³/mol. The first-order valence-corrected chi connectivity index (χ1v) is 6.02. The molecule has 7 heteroatoms. The van der Waals surface area contributed by atoms with Crippen molar-refractivity contribution in [3.8, 4) is 0 Å². The summed E-state index contributed by atoms with van der Waals surface area (Å²) in [6.45, 7) is 5.42. The largest absolute Gasteiger partial charge is 0.360 e. The first-order valence-electron chi connectivity index (χ1n) is 6.02. The van der Waals surface area contributed by atoms with Crippen LogP contribution in [0.1, 0.15) is 19.6 Å². The Labute approximate surface area is 112 Å². The summed E-state index contributed by atoms with van der Waals surface area (Å²) in [5, 5.41) is 6.25. The van der Waals surface area contributed by atoms with E-state index in [1.54, 1.807) is 27.1 Å². The first-order chi connectivity index (χ1) is 8.81. The average Bonchev–Trinajstić information content (AvgIpc) is 2.70. The molecule has 7 nitrogen and oxygen atoms in total.